The molecule has 1 heterocycles. The van der Waals surface area contributed by atoms with Gasteiger partial charge in [0.05, 0.1) is 5.70 Å². The first-order chi connectivity index (χ1) is 20.8. The normalized spacial score (nSPS) is 14.1. The summed E-state index contributed by atoms with van der Waals surface area (Å²) in [5.41, 5.74) is 4.70. The van der Waals surface area contributed by atoms with Crippen molar-refractivity contribution in [3.8, 4) is 5.75 Å². The number of phenols is 1. The number of rotatable bonds is 12. The number of carbonyl (C=O) groups is 2. The number of piperidine rings is 1. The van der Waals surface area contributed by atoms with Gasteiger partial charge in [0, 0.05) is 31.7 Å². The summed E-state index contributed by atoms with van der Waals surface area (Å²) in [6.07, 6.45) is 5.82. The van der Waals surface area contributed by atoms with E-state index in [1.54, 1.807) is 12.2 Å². The number of aromatic hydroxyl groups is 1. The number of ether oxygens (including phenoxy) is 1. The summed E-state index contributed by atoms with van der Waals surface area (Å²) in [7, 11) is 0. The van der Waals surface area contributed by atoms with Crippen LogP contribution in [-0.4, -0.2) is 54.3 Å². The van der Waals surface area contributed by atoms with E-state index in [1.165, 1.54) is 11.6 Å². The minimum atomic E-state index is -0.756. The van der Waals surface area contributed by atoms with Crippen molar-refractivity contribution in [1.82, 2.24) is 15.5 Å². The van der Waals surface area contributed by atoms with Gasteiger partial charge in [-0.05, 0) is 72.2 Å². The van der Waals surface area contributed by atoms with Crippen LogP contribution in [0.15, 0.2) is 104 Å². The lowest BCUT2D eigenvalue weighted by atomic mass is 10.0. The highest BCUT2D eigenvalue weighted by atomic mass is 19.1. The second-order valence-electron chi connectivity index (χ2n) is 10.5. The van der Waals surface area contributed by atoms with Crippen molar-refractivity contribution in [3.63, 3.8) is 0 Å². The fourth-order valence-corrected chi connectivity index (χ4v) is 4.91. The summed E-state index contributed by atoms with van der Waals surface area (Å²) >= 11 is 0. The Morgan fingerprint density at radius 2 is 1.65 bits per heavy atom. The van der Waals surface area contributed by atoms with E-state index in [2.05, 4.69) is 53.0 Å². The monoisotopic (exact) mass is 583 g/mol. The highest BCUT2D eigenvalue weighted by Gasteiger charge is 2.23. The number of halogens is 1. The van der Waals surface area contributed by atoms with E-state index >= 15 is 0 Å². The molecule has 0 aromatic heterocycles. The SMILES string of the molecule is C=C/C=C(/NC(=O)OC1CCN(CCc2ccc(CCNC(=O)c3ccc(F)c(O)c3)cc2)CC1)C(=C)c1ccccc1. The van der Waals surface area contributed by atoms with Crippen LogP contribution in [0.25, 0.3) is 5.57 Å². The Hall–Kier alpha value is -4.69. The largest absolute Gasteiger partial charge is 0.505 e. The molecule has 4 rings (SSSR count). The Kier molecular flexibility index (Phi) is 11.3. The number of hydrogen-bond acceptors (Lipinski definition) is 5. The van der Waals surface area contributed by atoms with Crippen LogP contribution in [0, 0.1) is 5.82 Å². The average Bonchev–Trinajstić information content (AvgIpc) is 3.02. The topological polar surface area (TPSA) is 90.9 Å². The Labute approximate surface area is 252 Å². The quantitative estimate of drug-likeness (QED) is 0.227. The van der Waals surface area contributed by atoms with Crippen LogP contribution in [0.2, 0.25) is 0 Å². The summed E-state index contributed by atoms with van der Waals surface area (Å²) in [5.74, 6) is -1.65. The zero-order chi connectivity index (χ0) is 30.6. The minimum Gasteiger partial charge on any atom is -0.505 e. The number of amides is 2. The first-order valence-electron chi connectivity index (χ1n) is 14.4. The second-order valence-corrected chi connectivity index (χ2v) is 10.5. The third kappa shape index (κ3) is 9.41. The average molecular weight is 584 g/mol. The van der Waals surface area contributed by atoms with Crippen molar-refractivity contribution in [2.24, 2.45) is 0 Å². The highest BCUT2D eigenvalue weighted by molar-refractivity contribution is 5.94. The molecule has 1 aliphatic rings. The number of nitrogens with zero attached hydrogens (tertiary/aromatic N) is 1. The third-order valence-electron chi connectivity index (χ3n) is 7.42. The van der Waals surface area contributed by atoms with E-state index in [9.17, 15) is 19.1 Å². The highest BCUT2D eigenvalue weighted by Crippen LogP contribution is 2.21. The van der Waals surface area contributed by atoms with Crippen molar-refractivity contribution in [3.05, 3.63) is 132 Å². The van der Waals surface area contributed by atoms with Gasteiger partial charge in [0.1, 0.15) is 6.10 Å². The van der Waals surface area contributed by atoms with Crippen molar-refractivity contribution in [1.29, 1.82) is 0 Å². The molecule has 2 amide bonds. The molecule has 0 bridgehead atoms. The van der Waals surface area contributed by atoms with Gasteiger partial charge in [0.15, 0.2) is 11.6 Å². The smallest absolute Gasteiger partial charge is 0.411 e. The molecule has 0 radical (unpaired) electrons. The maximum Gasteiger partial charge on any atom is 0.411 e. The second kappa shape index (κ2) is 15.5. The molecule has 1 saturated heterocycles. The van der Waals surface area contributed by atoms with E-state index < -0.39 is 17.7 Å². The van der Waals surface area contributed by atoms with Crippen LogP contribution in [0.3, 0.4) is 0 Å². The molecule has 3 N–H and O–H groups in total. The number of phenolic OH excluding ortho intramolecular Hbond substituents is 1. The van der Waals surface area contributed by atoms with Crippen molar-refractivity contribution in [2.45, 2.75) is 31.8 Å². The lowest BCUT2D eigenvalue weighted by Gasteiger charge is -2.31. The summed E-state index contributed by atoms with van der Waals surface area (Å²) in [6.45, 7) is 10.9. The van der Waals surface area contributed by atoms with Gasteiger partial charge in [-0.3, -0.25) is 10.1 Å². The van der Waals surface area contributed by atoms with Crippen LogP contribution < -0.4 is 10.6 Å². The van der Waals surface area contributed by atoms with E-state index in [0.29, 0.717) is 24.2 Å². The van der Waals surface area contributed by atoms with Gasteiger partial charge in [-0.15, -0.1) is 0 Å². The molecule has 7 nitrogen and oxygen atoms in total. The predicted molar refractivity (Wildman–Crippen MR) is 167 cm³/mol. The van der Waals surface area contributed by atoms with Gasteiger partial charge in [-0.1, -0.05) is 73.8 Å². The van der Waals surface area contributed by atoms with E-state index in [0.717, 1.165) is 62.2 Å². The standard InChI is InChI=1S/C35H38FN3O4/c1-3-7-32(25(2)28-8-5-4-6-9-28)38-35(42)43-30-18-22-39(23-19-30)21-17-27-12-10-26(11-13-27)16-20-37-34(41)29-14-15-31(36)33(40)24-29/h3-15,24,30,40H,1-2,16-23H2,(H,37,41)(H,38,42)/b32-7+. The molecule has 224 valence electrons. The molecule has 1 aliphatic heterocycles. The van der Waals surface area contributed by atoms with Gasteiger partial charge < -0.3 is 20.1 Å². The number of likely N-dealkylation sites (tertiary alicyclic amines) is 1. The molecule has 1 fully saturated rings. The van der Waals surface area contributed by atoms with Crippen molar-refractivity contribution >= 4 is 17.6 Å². The van der Waals surface area contributed by atoms with Crippen LogP contribution in [0.1, 0.15) is 39.9 Å². The maximum atomic E-state index is 13.2. The molecular formula is C35H38FN3O4. The van der Waals surface area contributed by atoms with E-state index in [-0.39, 0.29) is 17.6 Å². The molecule has 0 spiro atoms. The van der Waals surface area contributed by atoms with Gasteiger partial charge >= 0.3 is 6.09 Å². The van der Waals surface area contributed by atoms with Gasteiger partial charge in [0.2, 0.25) is 0 Å². The number of hydrogen-bond donors (Lipinski definition) is 3. The van der Waals surface area contributed by atoms with Crippen molar-refractivity contribution in [2.75, 3.05) is 26.2 Å². The van der Waals surface area contributed by atoms with Crippen LogP contribution in [0.5, 0.6) is 5.75 Å². The lowest BCUT2D eigenvalue weighted by Crippen LogP contribution is -2.40. The third-order valence-corrected chi connectivity index (χ3v) is 7.42. The Morgan fingerprint density at radius 3 is 2.30 bits per heavy atom. The first-order valence-corrected chi connectivity index (χ1v) is 14.4. The predicted octanol–water partition coefficient (Wildman–Crippen LogP) is 6.02. The number of nitrogens with one attached hydrogen (secondary N) is 2. The molecule has 3 aromatic rings. The Balaban J connectivity index is 1.14. The minimum absolute atomic E-state index is 0.139. The number of benzene rings is 3. The Morgan fingerprint density at radius 1 is 0.977 bits per heavy atom. The molecule has 43 heavy (non-hydrogen) atoms. The molecular weight excluding hydrogens is 545 g/mol. The zero-order valence-electron chi connectivity index (χ0n) is 24.2. The summed E-state index contributed by atoms with van der Waals surface area (Å²) < 4.78 is 18.9. The lowest BCUT2D eigenvalue weighted by molar-refractivity contribution is 0.0527. The van der Waals surface area contributed by atoms with Crippen LogP contribution in [0.4, 0.5) is 9.18 Å². The van der Waals surface area contributed by atoms with Crippen LogP contribution in [-0.2, 0) is 17.6 Å². The number of alkyl carbamates (subject to hydrolysis) is 1. The Bertz CT molecular complexity index is 1450. The van der Waals surface area contributed by atoms with Crippen LogP contribution >= 0.6 is 0 Å². The molecule has 0 unspecified atom stereocenters. The molecule has 0 aliphatic carbocycles. The molecule has 8 heteroatoms. The number of allylic oxidation sites excluding steroid dienone is 3. The van der Waals surface area contributed by atoms with Crippen molar-refractivity contribution < 1.29 is 23.8 Å². The molecule has 3 aromatic carbocycles. The fraction of sp³-hybridized carbons (Fsp3) is 0.257. The molecule has 0 saturated carbocycles. The summed E-state index contributed by atoms with van der Waals surface area (Å²) in [5, 5.41) is 15.1. The first kappa shape index (κ1) is 31.3. The zero-order valence-corrected chi connectivity index (χ0v) is 24.2. The van der Waals surface area contributed by atoms with Gasteiger partial charge in [-0.25, -0.2) is 9.18 Å². The number of carbonyl (C=O) groups excluding carboxylic acids is 2. The van der Waals surface area contributed by atoms with Gasteiger partial charge in [-0.2, -0.15) is 0 Å². The van der Waals surface area contributed by atoms with E-state index in [1.807, 2.05) is 30.3 Å². The fourth-order valence-electron chi connectivity index (χ4n) is 4.91. The van der Waals surface area contributed by atoms with E-state index in [4.69, 9.17) is 4.74 Å². The maximum absolute atomic E-state index is 13.2. The summed E-state index contributed by atoms with van der Waals surface area (Å²) in [4.78, 5) is 27.2. The summed E-state index contributed by atoms with van der Waals surface area (Å²) in [6, 6.07) is 21.5. The molecule has 0 atom stereocenters. The van der Waals surface area contributed by atoms with Gasteiger partial charge in [0.25, 0.3) is 5.91 Å².